The third-order valence-electron chi connectivity index (χ3n) is 0.789. The molecule has 1 N–H and O–H groups in total. The lowest BCUT2D eigenvalue weighted by molar-refractivity contribution is 0.310. The molecule has 0 bridgehead atoms. The van der Waals surface area contributed by atoms with Crippen LogP contribution in [0.15, 0.2) is 24.4 Å². The lowest BCUT2D eigenvalue weighted by Gasteiger charge is -2.14. The summed E-state index contributed by atoms with van der Waals surface area (Å²) in [5.74, 6) is 0. The third kappa shape index (κ3) is 1.23. The Morgan fingerprint density at radius 1 is 1.50 bits per heavy atom. The molecule has 1 atom stereocenters. The molecule has 1 unspecified atom stereocenters. The highest BCUT2D eigenvalue weighted by molar-refractivity contribution is 6.23. The van der Waals surface area contributed by atoms with Crippen molar-refractivity contribution in [2.75, 3.05) is 0 Å². The Labute approximate surface area is 51.8 Å². The number of allylic oxidation sites excluding steroid dienone is 2. The summed E-state index contributed by atoms with van der Waals surface area (Å²) in [6.45, 7) is 0. The fraction of sp³-hybridized carbons (Fsp3) is 0.200. The zero-order valence-corrected chi connectivity index (χ0v) is 4.82. The molecule has 0 saturated heterocycles. The van der Waals surface area contributed by atoms with Gasteiger partial charge < -0.3 is 5.32 Å². The van der Waals surface area contributed by atoms with Gasteiger partial charge in [0.25, 0.3) is 5.25 Å². The molecular weight excluding hydrogens is 129 g/mol. The molecule has 0 radical (unpaired) electrons. The highest BCUT2D eigenvalue weighted by atomic mass is 35.5. The van der Waals surface area contributed by atoms with E-state index in [1.54, 1.807) is 12.2 Å². The maximum Gasteiger partial charge on any atom is 0.275 e. The third-order valence-corrected chi connectivity index (χ3v) is 1.02. The minimum absolute atomic E-state index is 1.23. The number of nitrogens with one attached hydrogen (secondary N) is 1. The first-order valence-corrected chi connectivity index (χ1v) is 2.58. The average molecular weight is 134 g/mol. The van der Waals surface area contributed by atoms with Crippen molar-refractivity contribution in [3.8, 4) is 0 Å². The molecule has 0 aromatic carbocycles. The summed E-state index contributed by atoms with van der Waals surface area (Å²) < 4.78 is 12.4. The van der Waals surface area contributed by atoms with Gasteiger partial charge in [-0.15, -0.1) is 0 Å². The van der Waals surface area contributed by atoms with Crippen LogP contribution >= 0.6 is 11.6 Å². The Bertz CT molecular complexity index is 139. The number of alkyl halides is 2. The average Bonchev–Trinajstić information content (AvgIpc) is 1.65. The second kappa shape index (κ2) is 1.78. The first-order valence-electron chi connectivity index (χ1n) is 2.21. The molecule has 0 saturated carbocycles. The van der Waals surface area contributed by atoms with Gasteiger partial charge in [-0.2, -0.15) is 4.39 Å². The molecule has 0 aliphatic carbocycles. The van der Waals surface area contributed by atoms with E-state index in [9.17, 15) is 4.39 Å². The van der Waals surface area contributed by atoms with E-state index in [1.165, 1.54) is 12.3 Å². The molecule has 1 aliphatic heterocycles. The van der Waals surface area contributed by atoms with Crippen LogP contribution < -0.4 is 5.32 Å². The molecule has 1 nitrogen and oxygen atoms in total. The smallest absolute Gasteiger partial charge is 0.275 e. The van der Waals surface area contributed by atoms with Gasteiger partial charge in [0, 0.05) is 6.20 Å². The van der Waals surface area contributed by atoms with Crippen molar-refractivity contribution in [2.24, 2.45) is 0 Å². The second-order valence-corrected chi connectivity index (χ2v) is 2.04. The van der Waals surface area contributed by atoms with E-state index in [0.717, 1.165) is 0 Å². The first-order chi connectivity index (χ1) is 3.71. The van der Waals surface area contributed by atoms with Gasteiger partial charge in [-0.3, -0.25) is 0 Å². The van der Waals surface area contributed by atoms with Gasteiger partial charge in [0.05, 0.1) is 0 Å². The van der Waals surface area contributed by atoms with Crippen molar-refractivity contribution in [1.82, 2.24) is 5.32 Å². The van der Waals surface area contributed by atoms with Gasteiger partial charge in [0.15, 0.2) is 0 Å². The molecule has 0 spiro atoms. The minimum atomic E-state index is -1.87. The van der Waals surface area contributed by atoms with Crippen LogP contribution in [0.4, 0.5) is 4.39 Å². The van der Waals surface area contributed by atoms with Crippen molar-refractivity contribution >= 4 is 11.6 Å². The van der Waals surface area contributed by atoms with Crippen molar-refractivity contribution in [3.63, 3.8) is 0 Å². The first kappa shape index (κ1) is 5.63. The lowest BCUT2D eigenvalue weighted by atomic mass is 10.4. The summed E-state index contributed by atoms with van der Waals surface area (Å²) >= 11 is 5.16. The SMILES string of the molecule is FC1(Cl)C=CC=CN1. The van der Waals surface area contributed by atoms with Crippen LogP contribution in [0, 0.1) is 0 Å². The topological polar surface area (TPSA) is 12.0 Å². The fourth-order valence-corrected chi connectivity index (χ4v) is 0.575. The molecule has 3 heteroatoms. The molecule has 8 heavy (non-hydrogen) atoms. The van der Waals surface area contributed by atoms with Crippen LogP contribution in [0.3, 0.4) is 0 Å². The molecule has 1 aliphatic rings. The van der Waals surface area contributed by atoms with Gasteiger partial charge in [0.1, 0.15) is 0 Å². The summed E-state index contributed by atoms with van der Waals surface area (Å²) in [4.78, 5) is 0. The second-order valence-electron chi connectivity index (χ2n) is 1.49. The number of hydrogen-bond acceptors (Lipinski definition) is 1. The normalized spacial score (nSPS) is 34.8. The van der Waals surface area contributed by atoms with Crippen molar-refractivity contribution in [1.29, 1.82) is 0 Å². The Morgan fingerprint density at radius 2 is 2.25 bits per heavy atom. The molecule has 0 fully saturated rings. The molecule has 0 aromatic rings. The number of halogens is 2. The largest absolute Gasteiger partial charge is 0.344 e. The minimum Gasteiger partial charge on any atom is -0.344 e. The van der Waals surface area contributed by atoms with E-state index in [2.05, 4.69) is 5.32 Å². The van der Waals surface area contributed by atoms with E-state index in [0.29, 0.717) is 0 Å². The zero-order valence-electron chi connectivity index (χ0n) is 4.07. The zero-order chi connectivity index (χ0) is 6.04. The number of rotatable bonds is 0. The highest BCUT2D eigenvalue weighted by Crippen LogP contribution is 2.16. The fourth-order valence-electron chi connectivity index (χ4n) is 0.439. The van der Waals surface area contributed by atoms with Gasteiger partial charge in [-0.1, -0.05) is 17.7 Å². The molecular formula is C5H5ClFN. The van der Waals surface area contributed by atoms with Gasteiger partial charge in [-0.05, 0) is 12.2 Å². The number of hydrogen-bond donors (Lipinski definition) is 1. The molecule has 1 rings (SSSR count). The van der Waals surface area contributed by atoms with Crippen LogP contribution in [-0.2, 0) is 0 Å². The highest BCUT2D eigenvalue weighted by Gasteiger charge is 2.19. The molecule has 0 aromatic heterocycles. The van der Waals surface area contributed by atoms with Crippen LogP contribution in [0.2, 0.25) is 0 Å². The Balaban J connectivity index is 2.65. The van der Waals surface area contributed by atoms with Gasteiger partial charge in [0.2, 0.25) is 0 Å². The molecule has 0 amide bonds. The van der Waals surface area contributed by atoms with E-state index in [4.69, 9.17) is 11.6 Å². The van der Waals surface area contributed by atoms with Crippen molar-refractivity contribution in [3.05, 3.63) is 24.4 Å². The van der Waals surface area contributed by atoms with Crippen molar-refractivity contribution < 1.29 is 4.39 Å². The monoisotopic (exact) mass is 133 g/mol. The maximum atomic E-state index is 12.4. The van der Waals surface area contributed by atoms with Gasteiger partial charge >= 0.3 is 0 Å². The summed E-state index contributed by atoms with van der Waals surface area (Å²) in [6, 6.07) is 0. The van der Waals surface area contributed by atoms with E-state index in [-0.39, 0.29) is 0 Å². The predicted molar refractivity (Wildman–Crippen MR) is 31.1 cm³/mol. The lowest BCUT2D eigenvalue weighted by Crippen LogP contribution is -2.29. The van der Waals surface area contributed by atoms with E-state index in [1.807, 2.05) is 0 Å². The van der Waals surface area contributed by atoms with E-state index < -0.39 is 5.25 Å². The summed E-state index contributed by atoms with van der Waals surface area (Å²) in [5.41, 5.74) is 0. The predicted octanol–water partition coefficient (Wildman–Crippen LogP) is 1.52. The summed E-state index contributed by atoms with van der Waals surface area (Å²) in [7, 11) is 0. The van der Waals surface area contributed by atoms with Gasteiger partial charge in [-0.25, -0.2) is 0 Å². The van der Waals surface area contributed by atoms with E-state index >= 15 is 0 Å². The van der Waals surface area contributed by atoms with Crippen LogP contribution in [0.25, 0.3) is 0 Å². The molecule has 44 valence electrons. The molecule has 1 heterocycles. The quantitative estimate of drug-likeness (QED) is 0.390. The van der Waals surface area contributed by atoms with Crippen LogP contribution in [0.1, 0.15) is 0 Å². The van der Waals surface area contributed by atoms with Crippen molar-refractivity contribution in [2.45, 2.75) is 5.25 Å². The maximum absolute atomic E-state index is 12.4. The Kier molecular flexibility index (Phi) is 1.26. The van der Waals surface area contributed by atoms with Crippen LogP contribution in [0.5, 0.6) is 0 Å². The number of dihydropyridines is 1. The summed E-state index contributed by atoms with van der Waals surface area (Å²) in [5, 5.41) is 0.423. The van der Waals surface area contributed by atoms with Crippen LogP contribution in [-0.4, -0.2) is 5.25 Å². The Morgan fingerprint density at radius 3 is 2.50 bits per heavy atom. The standard InChI is InChI=1S/C5H5ClFN/c6-5(7)3-1-2-4-8-5/h1-4,8H. The Hall–Kier alpha value is -0.500. The summed E-state index contributed by atoms with van der Waals surface area (Å²) in [6.07, 6.45) is 5.89.